The molecule has 0 saturated carbocycles. The molecule has 0 aliphatic rings. The number of hydrogen-bond donors (Lipinski definition) is 2. The molecule has 1 amide bonds. The second-order valence-electron chi connectivity index (χ2n) is 9.00. The highest BCUT2D eigenvalue weighted by atomic mass is 32.1. The molecule has 0 spiro atoms. The van der Waals surface area contributed by atoms with E-state index < -0.39 is 0 Å². The van der Waals surface area contributed by atoms with Crippen molar-refractivity contribution < 1.29 is 19.0 Å². The Morgan fingerprint density at radius 1 is 0.950 bits per heavy atom. The largest absolute Gasteiger partial charge is 0.493 e. The Morgan fingerprint density at radius 3 is 2.40 bits per heavy atom. The van der Waals surface area contributed by atoms with Gasteiger partial charge in [-0.05, 0) is 67.3 Å². The van der Waals surface area contributed by atoms with E-state index in [0.29, 0.717) is 29.6 Å². The number of rotatable bonds is 12. The van der Waals surface area contributed by atoms with Crippen LogP contribution in [0.2, 0.25) is 0 Å². The van der Waals surface area contributed by atoms with Gasteiger partial charge in [-0.3, -0.25) is 9.78 Å². The Labute approximate surface area is 240 Å². The van der Waals surface area contributed by atoms with Gasteiger partial charge in [0.05, 0.1) is 19.0 Å². The Hall–Kier alpha value is -4.21. The lowest BCUT2D eigenvalue weighted by molar-refractivity contribution is -0.119. The first-order valence-corrected chi connectivity index (χ1v) is 13.6. The Bertz CT molecular complexity index is 1430. The summed E-state index contributed by atoms with van der Waals surface area (Å²) in [4.78, 5) is 19.1. The highest BCUT2D eigenvalue weighted by molar-refractivity contribution is 7.80. The van der Waals surface area contributed by atoms with Crippen LogP contribution in [0.1, 0.15) is 19.4 Å². The van der Waals surface area contributed by atoms with Gasteiger partial charge in [-0.25, -0.2) is 0 Å². The van der Waals surface area contributed by atoms with Crippen molar-refractivity contribution in [2.45, 2.75) is 20.3 Å². The summed E-state index contributed by atoms with van der Waals surface area (Å²) in [5, 5.41) is 6.78. The topological polar surface area (TPSA) is 85.0 Å². The van der Waals surface area contributed by atoms with Gasteiger partial charge >= 0.3 is 0 Å². The number of thiocarbonyl (C=S) groups is 1. The van der Waals surface area contributed by atoms with Gasteiger partial charge in [0.2, 0.25) is 5.91 Å². The Kier molecular flexibility index (Phi) is 10.3. The van der Waals surface area contributed by atoms with E-state index >= 15 is 0 Å². The van der Waals surface area contributed by atoms with E-state index in [0.717, 1.165) is 41.8 Å². The number of pyridine rings is 1. The smallest absolute Gasteiger partial charge is 0.230 e. The number of likely N-dealkylation sites (N-methyl/N-ethyl adjacent to an activating group) is 1. The van der Waals surface area contributed by atoms with Gasteiger partial charge in [0.1, 0.15) is 18.1 Å². The van der Waals surface area contributed by atoms with Crippen molar-refractivity contribution in [2.24, 2.45) is 0 Å². The summed E-state index contributed by atoms with van der Waals surface area (Å²) in [6, 6.07) is 22.4. The van der Waals surface area contributed by atoms with Gasteiger partial charge in [-0.15, -0.1) is 0 Å². The van der Waals surface area contributed by atoms with Gasteiger partial charge in [-0.1, -0.05) is 44.2 Å². The van der Waals surface area contributed by atoms with E-state index in [1.807, 2.05) is 72.8 Å². The molecule has 208 valence electrons. The molecule has 0 aliphatic heterocycles. The lowest BCUT2D eigenvalue weighted by Gasteiger charge is -2.19. The maximum absolute atomic E-state index is 12.3. The predicted molar refractivity (Wildman–Crippen MR) is 163 cm³/mol. The number of nitrogens with zero attached hydrogens (tertiary/aromatic N) is 2. The van der Waals surface area contributed by atoms with Crippen LogP contribution >= 0.6 is 12.2 Å². The number of hydrogen-bond acceptors (Lipinski definition) is 7. The molecule has 3 aromatic carbocycles. The molecule has 0 bridgehead atoms. The van der Waals surface area contributed by atoms with E-state index in [-0.39, 0.29) is 17.4 Å². The summed E-state index contributed by atoms with van der Waals surface area (Å²) in [5.41, 5.74) is 2.39. The first-order chi connectivity index (χ1) is 19.5. The van der Waals surface area contributed by atoms with Crippen LogP contribution in [0.4, 0.5) is 5.69 Å². The van der Waals surface area contributed by atoms with E-state index in [1.165, 1.54) is 0 Å². The van der Waals surface area contributed by atoms with E-state index in [2.05, 4.69) is 34.4 Å². The molecular formula is C31H34N4O4S. The van der Waals surface area contributed by atoms with Gasteiger partial charge < -0.3 is 29.7 Å². The number of anilines is 1. The number of carbonyl (C=O) groups is 1. The molecule has 9 heteroatoms. The van der Waals surface area contributed by atoms with Crippen LogP contribution in [0, 0.1) is 0 Å². The summed E-state index contributed by atoms with van der Waals surface area (Å²) < 4.78 is 17.8. The van der Waals surface area contributed by atoms with Gasteiger partial charge in [0.15, 0.2) is 16.6 Å². The molecule has 0 radical (unpaired) electrons. The summed E-state index contributed by atoms with van der Waals surface area (Å²) in [6.07, 6.45) is 1.96. The van der Waals surface area contributed by atoms with Crippen molar-refractivity contribution >= 4 is 39.8 Å². The average molecular weight is 559 g/mol. The van der Waals surface area contributed by atoms with Gasteiger partial charge in [0, 0.05) is 29.9 Å². The second kappa shape index (κ2) is 14.3. The first-order valence-electron chi connectivity index (χ1n) is 13.2. The summed E-state index contributed by atoms with van der Waals surface area (Å²) in [6.45, 7) is 7.62. The van der Waals surface area contributed by atoms with Gasteiger partial charge in [0.25, 0.3) is 0 Å². The number of nitrogens with one attached hydrogen (secondary N) is 2. The zero-order valence-electron chi connectivity index (χ0n) is 23.0. The van der Waals surface area contributed by atoms with Crippen molar-refractivity contribution in [2.75, 3.05) is 38.7 Å². The molecule has 2 N–H and O–H groups in total. The molecule has 1 aromatic heterocycles. The minimum absolute atomic E-state index is 0.180. The summed E-state index contributed by atoms with van der Waals surface area (Å²) in [7, 11) is 1.62. The summed E-state index contributed by atoms with van der Waals surface area (Å²) in [5.74, 6) is 2.36. The maximum atomic E-state index is 12.3. The van der Waals surface area contributed by atoms with Crippen LogP contribution in [-0.4, -0.2) is 54.3 Å². The van der Waals surface area contributed by atoms with Crippen LogP contribution in [0.3, 0.4) is 0 Å². The van der Waals surface area contributed by atoms with E-state index in [4.69, 9.17) is 26.4 Å². The van der Waals surface area contributed by atoms with Crippen molar-refractivity contribution in [1.29, 1.82) is 0 Å². The number of methoxy groups -OCH3 is 1. The molecule has 0 atom stereocenters. The molecule has 0 unspecified atom stereocenters. The molecule has 1 heterocycles. The Balaban J connectivity index is 1.39. The fourth-order valence-corrected chi connectivity index (χ4v) is 4.39. The van der Waals surface area contributed by atoms with Crippen LogP contribution in [0.25, 0.3) is 10.9 Å². The average Bonchev–Trinajstić information content (AvgIpc) is 2.96. The number of amides is 1. The van der Waals surface area contributed by atoms with Crippen molar-refractivity contribution in [1.82, 2.24) is 15.2 Å². The SMILES string of the molecule is CCN(CC)CCOc1cc2nccc(Oc3ccc(NC(=S)NC(=O)Cc4ccccc4)cc3)c2cc1OC. The zero-order valence-corrected chi connectivity index (χ0v) is 23.8. The zero-order chi connectivity index (χ0) is 28.3. The third-order valence-corrected chi connectivity index (χ3v) is 6.55. The second-order valence-corrected chi connectivity index (χ2v) is 9.40. The predicted octanol–water partition coefficient (Wildman–Crippen LogP) is 5.81. The fraction of sp³-hybridized carbons (Fsp3) is 0.258. The maximum Gasteiger partial charge on any atom is 0.230 e. The van der Waals surface area contributed by atoms with Crippen LogP contribution in [0.15, 0.2) is 79.0 Å². The standard InChI is InChI=1S/C31H34N4O4S/c1-4-35(5-2)17-18-38-29-21-26-25(20-28(29)37-3)27(15-16-32-26)39-24-13-11-23(12-14-24)33-31(40)34-30(36)19-22-9-7-6-8-10-22/h6-16,20-21H,4-5,17-19H2,1-3H3,(H2,33,34,36,40). The van der Waals surface area contributed by atoms with Crippen molar-refractivity contribution in [3.8, 4) is 23.0 Å². The molecule has 4 aromatic rings. The van der Waals surface area contributed by atoms with Crippen LogP contribution in [-0.2, 0) is 11.2 Å². The monoisotopic (exact) mass is 558 g/mol. The highest BCUT2D eigenvalue weighted by Gasteiger charge is 2.13. The number of benzene rings is 3. The molecule has 8 nitrogen and oxygen atoms in total. The molecule has 40 heavy (non-hydrogen) atoms. The molecule has 0 aliphatic carbocycles. The van der Waals surface area contributed by atoms with Gasteiger partial charge in [-0.2, -0.15) is 0 Å². The number of aromatic nitrogens is 1. The number of carbonyl (C=O) groups excluding carboxylic acids is 1. The molecule has 0 saturated heterocycles. The molecule has 0 fully saturated rings. The minimum atomic E-state index is -0.180. The van der Waals surface area contributed by atoms with Crippen molar-refractivity contribution in [3.05, 3.63) is 84.6 Å². The van der Waals surface area contributed by atoms with E-state index in [1.54, 1.807) is 13.3 Å². The molecular weight excluding hydrogens is 524 g/mol. The molecule has 4 rings (SSSR count). The minimum Gasteiger partial charge on any atom is -0.493 e. The third-order valence-electron chi connectivity index (χ3n) is 6.35. The number of fused-ring (bicyclic) bond motifs is 1. The Morgan fingerprint density at radius 2 is 1.70 bits per heavy atom. The normalized spacial score (nSPS) is 10.8. The summed E-state index contributed by atoms with van der Waals surface area (Å²) >= 11 is 5.30. The lowest BCUT2D eigenvalue weighted by Crippen LogP contribution is -2.35. The first kappa shape index (κ1) is 28.8. The van der Waals surface area contributed by atoms with E-state index in [9.17, 15) is 4.79 Å². The third kappa shape index (κ3) is 7.91. The van der Waals surface area contributed by atoms with Crippen LogP contribution in [0.5, 0.6) is 23.0 Å². The lowest BCUT2D eigenvalue weighted by atomic mass is 10.1. The quantitative estimate of drug-likeness (QED) is 0.211. The fourth-order valence-electron chi connectivity index (χ4n) is 4.16. The highest BCUT2D eigenvalue weighted by Crippen LogP contribution is 2.37. The number of ether oxygens (including phenoxy) is 3. The van der Waals surface area contributed by atoms with Crippen LogP contribution < -0.4 is 24.8 Å². The van der Waals surface area contributed by atoms with Crippen molar-refractivity contribution in [3.63, 3.8) is 0 Å².